The molecule has 2 N–H and O–H groups in total. The lowest BCUT2D eigenvalue weighted by Gasteiger charge is -2.19. The van der Waals surface area contributed by atoms with Gasteiger partial charge < -0.3 is 25.0 Å². The molecular formula is C24H34N4O3. The average Bonchev–Trinajstić information content (AvgIpc) is 2.80. The van der Waals surface area contributed by atoms with E-state index in [0.29, 0.717) is 38.8 Å². The van der Waals surface area contributed by atoms with Crippen LogP contribution in [0.15, 0.2) is 59.6 Å². The summed E-state index contributed by atoms with van der Waals surface area (Å²) in [5.74, 6) is 1.41. The summed E-state index contributed by atoms with van der Waals surface area (Å²) >= 11 is 0. The molecule has 0 heterocycles. The lowest BCUT2D eigenvalue weighted by molar-refractivity contribution is -0.129. The average molecular weight is 427 g/mol. The van der Waals surface area contributed by atoms with E-state index in [4.69, 9.17) is 9.47 Å². The number of rotatable bonds is 12. The Balaban J connectivity index is 1.90. The summed E-state index contributed by atoms with van der Waals surface area (Å²) in [6.45, 7) is 5.33. The highest BCUT2D eigenvalue weighted by atomic mass is 16.5. The number of ether oxygens (including phenoxy) is 2. The Morgan fingerprint density at radius 1 is 1.03 bits per heavy atom. The van der Waals surface area contributed by atoms with E-state index in [0.717, 1.165) is 23.3 Å². The number of carbonyl (C=O) groups excluding carboxylic acids is 1. The van der Waals surface area contributed by atoms with Crippen molar-refractivity contribution in [2.24, 2.45) is 4.99 Å². The van der Waals surface area contributed by atoms with Gasteiger partial charge in [0.2, 0.25) is 5.91 Å². The van der Waals surface area contributed by atoms with Crippen LogP contribution in [0.2, 0.25) is 0 Å². The number of hydrogen-bond donors (Lipinski definition) is 2. The Labute approximate surface area is 185 Å². The second-order valence-electron chi connectivity index (χ2n) is 7.08. The topological polar surface area (TPSA) is 75.2 Å². The zero-order valence-corrected chi connectivity index (χ0v) is 18.8. The van der Waals surface area contributed by atoms with Crippen molar-refractivity contribution in [3.63, 3.8) is 0 Å². The summed E-state index contributed by atoms with van der Waals surface area (Å²) in [7, 11) is 3.45. The smallest absolute Gasteiger partial charge is 0.242 e. The van der Waals surface area contributed by atoms with Gasteiger partial charge in [0.25, 0.3) is 0 Å². The van der Waals surface area contributed by atoms with Crippen molar-refractivity contribution in [2.45, 2.75) is 26.4 Å². The molecule has 0 unspecified atom stereocenters. The molecule has 7 nitrogen and oxygen atoms in total. The van der Waals surface area contributed by atoms with E-state index in [-0.39, 0.29) is 12.5 Å². The molecule has 31 heavy (non-hydrogen) atoms. The predicted molar refractivity (Wildman–Crippen MR) is 124 cm³/mol. The largest absolute Gasteiger partial charge is 0.497 e. The van der Waals surface area contributed by atoms with E-state index >= 15 is 0 Å². The number of nitrogens with one attached hydrogen (secondary N) is 2. The molecule has 0 spiro atoms. The van der Waals surface area contributed by atoms with Gasteiger partial charge in [-0.15, -0.1) is 0 Å². The molecule has 0 aliphatic heterocycles. The number of carbonyl (C=O) groups is 1. The molecule has 168 valence electrons. The lowest BCUT2D eigenvalue weighted by Crippen LogP contribution is -2.44. The molecule has 0 aromatic heterocycles. The summed E-state index contributed by atoms with van der Waals surface area (Å²) in [4.78, 5) is 18.9. The van der Waals surface area contributed by atoms with Crippen LogP contribution in [0.3, 0.4) is 0 Å². The second-order valence-corrected chi connectivity index (χ2v) is 7.08. The molecule has 0 bridgehead atoms. The van der Waals surface area contributed by atoms with Gasteiger partial charge in [-0.05, 0) is 36.6 Å². The van der Waals surface area contributed by atoms with Crippen LogP contribution in [-0.4, -0.2) is 57.2 Å². The lowest BCUT2D eigenvalue weighted by atomic mass is 10.2. The van der Waals surface area contributed by atoms with E-state index in [2.05, 4.69) is 15.6 Å². The van der Waals surface area contributed by atoms with Crippen molar-refractivity contribution in [3.8, 4) is 5.75 Å². The molecule has 0 aliphatic carbocycles. The first-order chi connectivity index (χ1) is 15.1. The number of likely N-dealkylation sites (N-methyl/N-ethyl adjacent to an activating group) is 1. The molecule has 7 heteroatoms. The summed E-state index contributed by atoms with van der Waals surface area (Å²) in [6.07, 6.45) is 0.860. The molecule has 0 radical (unpaired) electrons. The molecule has 0 aliphatic rings. The third kappa shape index (κ3) is 9.53. The molecule has 2 aromatic carbocycles. The molecule has 1 amide bonds. The maximum Gasteiger partial charge on any atom is 0.242 e. The minimum Gasteiger partial charge on any atom is -0.497 e. The highest BCUT2D eigenvalue weighted by Gasteiger charge is 2.10. The maximum absolute atomic E-state index is 12.6. The van der Waals surface area contributed by atoms with Crippen molar-refractivity contribution in [1.82, 2.24) is 15.5 Å². The third-order valence-corrected chi connectivity index (χ3v) is 4.64. The van der Waals surface area contributed by atoms with Gasteiger partial charge in [0.1, 0.15) is 5.75 Å². The molecular weight excluding hydrogens is 392 g/mol. The highest BCUT2D eigenvalue weighted by Crippen LogP contribution is 2.11. The number of nitrogens with zero attached hydrogens (tertiary/aromatic N) is 2. The van der Waals surface area contributed by atoms with Gasteiger partial charge in [0, 0.05) is 33.4 Å². The number of aliphatic imine (C=N–C) groups is 1. The van der Waals surface area contributed by atoms with Gasteiger partial charge >= 0.3 is 0 Å². The molecule has 0 fully saturated rings. The van der Waals surface area contributed by atoms with Crippen molar-refractivity contribution in [2.75, 3.05) is 40.5 Å². The van der Waals surface area contributed by atoms with Gasteiger partial charge in [-0.25, -0.2) is 4.99 Å². The quantitative estimate of drug-likeness (QED) is 0.310. The van der Waals surface area contributed by atoms with Crippen LogP contribution in [0.25, 0.3) is 0 Å². The van der Waals surface area contributed by atoms with E-state index in [1.165, 1.54) is 0 Å². The molecule has 0 saturated carbocycles. The Kier molecular flexibility index (Phi) is 11.0. The summed E-state index contributed by atoms with van der Waals surface area (Å²) in [5.41, 5.74) is 2.16. The minimum absolute atomic E-state index is 0.00267. The normalized spacial score (nSPS) is 11.1. The van der Waals surface area contributed by atoms with E-state index < -0.39 is 0 Å². The SMILES string of the molecule is CCOCCCNC(=NCc1ccc(OC)cc1)NCC(=O)N(C)Cc1ccccc1. The van der Waals surface area contributed by atoms with Crippen LogP contribution in [0, 0.1) is 0 Å². The highest BCUT2D eigenvalue weighted by molar-refractivity contribution is 5.86. The molecule has 2 aromatic rings. The third-order valence-electron chi connectivity index (χ3n) is 4.64. The number of guanidine groups is 1. The van der Waals surface area contributed by atoms with Gasteiger partial charge in [-0.3, -0.25) is 4.79 Å². The van der Waals surface area contributed by atoms with Crippen LogP contribution in [0.1, 0.15) is 24.5 Å². The summed E-state index contributed by atoms with van der Waals surface area (Å²) in [5, 5.41) is 6.43. The number of hydrogen-bond acceptors (Lipinski definition) is 4. The minimum atomic E-state index is -0.00267. The van der Waals surface area contributed by atoms with Crippen LogP contribution in [0.4, 0.5) is 0 Å². The number of methoxy groups -OCH3 is 1. The Hall–Kier alpha value is -3.06. The van der Waals surface area contributed by atoms with Gasteiger partial charge in [-0.1, -0.05) is 42.5 Å². The van der Waals surface area contributed by atoms with Crippen LogP contribution < -0.4 is 15.4 Å². The molecule has 0 atom stereocenters. The predicted octanol–water partition coefficient (Wildman–Crippen LogP) is 2.82. The van der Waals surface area contributed by atoms with Crippen molar-refractivity contribution >= 4 is 11.9 Å². The summed E-state index contributed by atoms with van der Waals surface area (Å²) < 4.78 is 10.6. The second kappa shape index (κ2) is 14.0. The summed E-state index contributed by atoms with van der Waals surface area (Å²) in [6, 6.07) is 17.7. The fourth-order valence-electron chi connectivity index (χ4n) is 2.84. The zero-order valence-electron chi connectivity index (χ0n) is 18.8. The fourth-order valence-corrected chi connectivity index (χ4v) is 2.84. The van der Waals surface area contributed by atoms with E-state index in [1.54, 1.807) is 19.1 Å². The fraction of sp³-hybridized carbons (Fsp3) is 0.417. The molecule has 2 rings (SSSR count). The number of amides is 1. The zero-order chi connectivity index (χ0) is 22.3. The van der Waals surface area contributed by atoms with Gasteiger partial charge in [0.05, 0.1) is 20.2 Å². The first-order valence-electron chi connectivity index (χ1n) is 10.6. The number of benzene rings is 2. The Morgan fingerprint density at radius 3 is 2.45 bits per heavy atom. The first kappa shape index (κ1) is 24.2. The Bertz CT molecular complexity index is 794. The first-order valence-corrected chi connectivity index (χ1v) is 10.6. The van der Waals surface area contributed by atoms with Gasteiger partial charge in [0.15, 0.2) is 5.96 Å². The maximum atomic E-state index is 12.6. The Morgan fingerprint density at radius 2 is 1.77 bits per heavy atom. The monoisotopic (exact) mass is 426 g/mol. The standard InChI is InChI=1S/C24H34N4O3/c1-4-31-16-8-15-25-24(26-17-20-11-13-22(30-3)14-12-20)27-18-23(29)28(2)19-21-9-6-5-7-10-21/h5-7,9-14H,4,8,15-19H2,1-3H3,(H2,25,26,27). The van der Waals surface area contributed by atoms with Crippen LogP contribution in [0.5, 0.6) is 5.75 Å². The van der Waals surface area contributed by atoms with Crippen molar-refractivity contribution in [3.05, 3.63) is 65.7 Å². The van der Waals surface area contributed by atoms with Crippen LogP contribution >= 0.6 is 0 Å². The van der Waals surface area contributed by atoms with E-state index in [1.807, 2.05) is 61.5 Å². The van der Waals surface area contributed by atoms with E-state index in [9.17, 15) is 4.79 Å². The van der Waals surface area contributed by atoms with Crippen molar-refractivity contribution in [1.29, 1.82) is 0 Å². The molecule has 0 saturated heterocycles. The van der Waals surface area contributed by atoms with Crippen LogP contribution in [-0.2, 0) is 22.6 Å². The van der Waals surface area contributed by atoms with Gasteiger partial charge in [-0.2, -0.15) is 0 Å². The van der Waals surface area contributed by atoms with Crippen molar-refractivity contribution < 1.29 is 14.3 Å².